The van der Waals surface area contributed by atoms with E-state index in [1.165, 1.54) is 13.4 Å². The zero-order chi connectivity index (χ0) is 10.1. The lowest BCUT2D eigenvalue weighted by atomic mass is 10.2. The molecule has 76 valence electrons. The Morgan fingerprint density at radius 1 is 1.71 bits per heavy atom. The highest BCUT2D eigenvalue weighted by atomic mass is 16.5. The zero-order valence-electron chi connectivity index (χ0n) is 7.73. The summed E-state index contributed by atoms with van der Waals surface area (Å²) in [4.78, 5) is 19.5. The van der Waals surface area contributed by atoms with Gasteiger partial charge in [0.25, 0.3) is 5.56 Å². The number of hydrogen-bond acceptors (Lipinski definition) is 5. The average molecular weight is 197 g/mol. The first-order chi connectivity index (χ1) is 6.72. The first-order valence-electron chi connectivity index (χ1n) is 4.27. The zero-order valence-corrected chi connectivity index (χ0v) is 7.73. The van der Waals surface area contributed by atoms with E-state index in [1.807, 2.05) is 0 Å². The summed E-state index contributed by atoms with van der Waals surface area (Å²) in [6.07, 6.45) is 0.992. The van der Waals surface area contributed by atoms with Crippen LogP contribution in [0.4, 0.5) is 5.82 Å². The molecule has 0 amide bonds. The third-order valence-corrected chi connectivity index (χ3v) is 2.16. The van der Waals surface area contributed by atoms with Gasteiger partial charge in [-0.2, -0.15) is 0 Å². The molecule has 0 aliphatic carbocycles. The second kappa shape index (κ2) is 3.30. The maximum atomic E-state index is 11.3. The third-order valence-electron chi connectivity index (χ3n) is 2.16. The van der Waals surface area contributed by atoms with Crippen LogP contribution in [-0.4, -0.2) is 41.4 Å². The van der Waals surface area contributed by atoms with E-state index >= 15 is 0 Å². The minimum Gasteiger partial charge on any atom is -0.489 e. The Hall–Kier alpha value is -1.56. The van der Waals surface area contributed by atoms with Gasteiger partial charge < -0.3 is 19.7 Å². The van der Waals surface area contributed by atoms with Crippen LogP contribution in [0.15, 0.2) is 11.1 Å². The van der Waals surface area contributed by atoms with Gasteiger partial charge in [-0.15, -0.1) is 0 Å². The highest BCUT2D eigenvalue weighted by Gasteiger charge is 2.28. The molecule has 6 nitrogen and oxygen atoms in total. The second-order valence-corrected chi connectivity index (χ2v) is 3.15. The molecule has 0 atom stereocenters. The number of β-amino-alcohol motifs (C(OH)–C–C–N with tert-alkyl or cyclic N) is 1. The first kappa shape index (κ1) is 9.01. The minimum absolute atomic E-state index is 0.194. The quantitative estimate of drug-likeness (QED) is 0.633. The average Bonchev–Trinajstić information content (AvgIpc) is 2.13. The van der Waals surface area contributed by atoms with E-state index in [2.05, 4.69) is 9.97 Å². The van der Waals surface area contributed by atoms with E-state index in [0.29, 0.717) is 18.9 Å². The van der Waals surface area contributed by atoms with Gasteiger partial charge in [0.05, 0.1) is 19.5 Å². The summed E-state index contributed by atoms with van der Waals surface area (Å²) in [5, 5.41) is 9.12. The predicted molar refractivity (Wildman–Crippen MR) is 49.6 cm³/mol. The SMILES string of the molecule is COc1c(N2CC(O)C2)nc[nH]c1=O. The van der Waals surface area contributed by atoms with Crippen molar-refractivity contribution in [3.8, 4) is 5.75 Å². The molecule has 1 aromatic heterocycles. The van der Waals surface area contributed by atoms with Gasteiger partial charge in [0.2, 0.25) is 5.75 Å². The van der Waals surface area contributed by atoms with Crippen LogP contribution in [0.3, 0.4) is 0 Å². The van der Waals surface area contributed by atoms with E-state index in [0.717, 1.165) is 0 Å². The van der Waals surface area contributed by atoms with Crippen LogP contribution in [0.25, 0.3) is 0 Å². The van der Waals surface area contributed by atoms with Crippen LogP contribution in [0.5, 0.6) is 5.75 Å². The Labute approximate surface area is 80.2 Å². The Bertz CT molecular complexity index is 384. The Morgan fingerprint density at radius 3 is 3.00 bits per heavy atom. The molecule has 2 heterocycles. The fourth-order valence-electron chi connectivity index (χ4n) is 1.42. The number of hydrogen-bond donors (Lipinski definition) is 2. The normalized spacial score (nSPS) is 16.6. The molecule has 0 radical (unpaired) electrons. The Kier molecular flexibility index (Phi) is 2.12. The number of rotatable bonds is 2. The van der Waals surface area contributed by atoms with E-state index in [1.54, 1.807) is 4.90 Å². The molecule has 0 aromatic carbocycles. The predicted octanol–water partition coefficient (Wildman–Crippen LogP) is -1.04. The second-order valence-electron chi connectivity index (χ2n) is 3.15. The van der Waals surface area contributed by atoms with Crippen molar-refractivity contribution in [2.75, 3.05) is 25.1 Å². The summed E-state index contributed by atoms with van der Waals surface area (Å²) >= 11 is 0. The van der Waals surface area contributed by atoms with Gasteiger partial charge in [-0.25, -0.2) is 4.98 Å². The topological polar surface area (TPSA) is 78.5 Å². The minimum atomic E-state index is -0.333. The molecule has 1 fully saturated rings. The van der Waals surface area contributed by atoms with E-state index < -0.39 is 0 Å². The van der Waals surface area contributed by atoms with Crippen molar-refractivity contribution in [3.63, 3.8) is 0 Å². The fourth-order valence-corrected chi connectivity index (χ4v) is 1.42. The third kappa shape index (κ3) is 1.33. The van der Waals surface area contributed by atoms with Crippen LogP contribution >= 0.6 is 0 Å². The summed E-state index contributed by atoms with van der Waals surface area (Å²) in [5.41, 5.74) is -0.307. The van der Waals surface area contributed by atoms with E-state index in [9.17, 15) is 4.79 Å². The number of aliphatic hydroxyl groups excluding tert-OH is 1. The molecule has 1 aliphatic rings. The highest BCUT2D eigenvalue weighted by molar-refractivity contribution is 5.52. The Balaban J connectivity index is 2.33. The molecule has 0 bridgehead atoms. The van der Waals surface area contributed by atoms with Gasteiger partial charge in [-0.05, 0) is 0 Å². The molecule has 14 heavy (non-hydrogen) atoms. The largest absolute Gasteiger partial charge is 0.489 e. The first-order valence-corrected chi connectivity index (χ1v) is 4.27. The van der Waals surface area contributed by atoms with Gasteiger partial charge in [0, 0.05) is 13.1 Å². The number of ether oxygens (including phenoxy) is 1. The summed E-state index contributed by atoms with van der Waals surface area (Å²) in [5.74, 6) is 0.681. The van der Waals surface area contributed by atoms with Crippen molar-refractivity contribution >= 4 is 5.82 Å². The summed E-state index contributed by atoms with van der Waals surface area (Å²) in [6.45, 7) is 0.986. The molecular formula is C8H11N3O3. The van der Waals surface area contributed by atoms with Crippen molar-refractivity contribution in [1.82, 2.24) is 9.97 Å². The highest BCUT2D eigenvalue weighted by Crippen LogP contribution is 2.24. The lowest BCUT2D eigenvalue weighted by Crippen LogP contribution is -2.51. The number of aliphatic hydroxyl groups is 1. The molecule has 6 heteroatoms. The Morgan fingerprint density at radius 2 is 2.43 bits per heavy atom. The van der Waals surface area contributed by atoms with Crippen LogP contribution in [0, 0.1) is 0 Å². The van der Waals surface area contributed by atoms with Gasteiger partial charge in [0.1, 0.15) is 0 Å². The van der Waals surface area contributed by atoms with Crippen molar-refractivity contribution in [3.05, 3.63) is 16.7 Å². The molecule has 0 spiro atoms. The molecule has 1 aliphatic heterocycles. The number of methoxy groups -OCH3 is 1. The van der Waals surface area contributed by atoms with Crippen LogP contribution in [0.1, 0.15) is 0 Å². The molecule has 0 unspecified atom stereocenters. The molecule has 0 saturated carbocycles. The van der Waals surface area contributed by atoms with Gasteiger partial charge in [0.15, 0.2) is 5.82 Å². The number of anilines is 1. The monoisotopic (exact) mass is 197 g/mol. The number of aromatic nitrogens is 2. The van der Waals surface area contributed by atoms with Gasteiger partial charge >= 0.3 is 0 Å². The number of nitrogens with one attached hydrogen (secondary N) is 1. The standard InChI is InChI=1S/C8H11N3O3/c1-14-6-7(9-4-10-8(6)13)11-2-5(12)3-11/h4-5,12H,2-3H2,1H3,(H,9,10,13). The maximum Gasteiger partial charge on any atom is 0.295 e. The lowest BCUT2D eigenvalue weighted by molar-refractivity contribution is 0.140. The smallest absolute Gasteiger partial charge is 0.295 e. The van der Waals surface area contributed by atoms with E-state index in [4.69, 9.17) is 9.84 Å². The van der Waals surface area contributed by atoms with Crippen LogP contribution < -0.4 is 15.2 Å². The summed E-state index contributed by atoms with van der Waals surface area (Å²) in [6, 6.07) is 0. The summed E-state index contributed by atoms with van der Waals surface area (Å²) < 4.78 is 4.94. The lowest BCUT2D eigenvalue weighted by Gasteiger charge is -2.36. The van der Waals surface area contributed by atoms with Crippen LogP contribution in [0.2, 0.25) is 0 Å². The number of nitrogens with zero attached hydrogens (tertiary/aromatic N) is 2. The molecular weight excluding hydrogens is 186 g/mol. The number of aromatic amines is 1. The summed E-state index contributed by atoms with van der Waals surface area (Å²) in [7, 11) is 1.42. The number of H-pyrrole nitrogens is 1. The van der Waals surface area contributed by atoms with Gasteiger partial charge in [-0.1, -0.05) is 0 Å². The molecule has 2 N–H and O–H groups in total. The van der Waals surface area contributed by atoms with Crippen molar-refractivity contribution in [1.29, 1.82) is 0 Å². The van der Waals surface area contributed by atoms with E-state index in [-0.39, 0.29) is 17.4 Å². The van der Waals surface area contributed by atoms with Crippen molar-refractivity contribution < 1.29 is 9.84 Å². The molecule has 1 saturated heterocycles. The maximum absolute atomic E-state index is 11.3. The molecule has 2 rings (SSSR count). The molecule has 1 aromatic rings. The van der Waals surface area contributed by atoms with Crippen molar-refractivity contribution in [2.24, 2.45) is 0 Å². The fraction of sp³-hybridized carbons (Fsp3) is 0.500. The van der Waals surface area contributed by atoms with Crippen molar-refractivity contribution in [2.45, 2.75) is 6.10 Å². The van der Waals surface area contributed by atoms with Gasteiger partial charge in [-0.3, -0.25) is 4.79 Å². The van der Waals surface area contributed by atoms with Crippen LogP contribution in [-0.2, 0) is 0 Å².